The Bertz CT molecular complexity index is 267. The van der Waals surface area contributed by atoms with Crippen molar-refractivity contribution in [2.45, 2.75) is 78.1 Å². The first-order chi connectivity index (χ1) is 9.77. The summed E-state index contributed by atoms with van der Waals surface area (Å²) in [6.07, 6.45) is 21.1. The molecule has 0 aliphatic carbocycles. The van der Waals surface area contributed by atoms with Gasteiger partial charge in [0.05, 0.1) is 6.61 Å². The second-order valence-electron chi connectivity index (χ2n) is 5.22. The van der Waals surface area contributed by atoms with Crippen molar-refractivity contribution >= 4 is 5.97 Å². The van der Waals surface area contributed by atoms with Crippen LogP contribution in [0.1, 0.15) is 78.1 Å². The highest BCUT2D eigenvalue weighted by Crippen LogP contribution is 2.05. The van der Waals surface area contributed by atoms with E-state index in [0.717, 1.165) is 25.7 Å². The standard InChI is InChI=1S/C18H32O2/c1-3-4-5-6-7-8-9-10-11-12-13-14-15-16-17-20-18(2)19/h7-8,10-11H,3-6,9,12-17H2,1-2H3. The molecule has 0 rings (SSSR count). The van der Waals surface area contributed by atoms with Crippen LogP contribution in [0.2, 0.25) is 0 Å². The highest BCUT2D eigenvalue weighted by atomic mass is 16.5. The molecule has 0 unspecified atom stereocenters. The third kappa shape index (κ3) is 16.9. The van der Waals surface area contributed by atoms with Gasteiger partial charge in [-0.3, -0.25) is 4.79 Å². The van der Waals surface area contributed by atoms with Crippen LogP contribution in [0.4, 0.5) is 0 Å². The molecule has 2 nitrogen and oxygen atoms in total. The lowest BCUT2D eigenvalue weighted by atomic mass is 10.1. The molecule has 0 aliphatic heterocycles. The molecule has 0 spiro atoms. The summed E-state index contributed by atoms with van der Waals surface area (Å²) >= 11 is 0. The second-order valence-corrected chi connectivity index (χ2v) is 5.22. The Balaban J connectivity index is 3.17. The fourth-order valence-electron chi connectivity index (χ4n) is 1.95. The second kappa shape index (κ2) is 16.0. The van der Waals surface area contributed by atoms with E-state index >= 15 is 0 Å². The Labute approximate surface area is 125 Å². The minimum absolute atomic E-state index is 0.171. The Kier molecular flexibility index (Phi) is 15.2. The predicted octanol–water partition coefficient (Wildman–Crippen LogP) is 5.58. The summed E-state index contributed by atoms with van der Waals surface area (Å²) in [7, 11) is 0. The number of unbranched alkanes of at least 4 members (excludes halogenated alkanes) is 7. The fourth-order valence-corrected chi connectivity index (χ4v) is 1.95. The zero-order valence-electron chi connectivity index (χ0n) is 13.4. The molecule has 0 aromatic carbocycles. The maximum Gasteiger partial charge on any atom is 0.302 e. The largest absolute Gasteiger partial charge is 0.466 e. The minimum atomic E-state index is -0.171. The van der Waals surface area contributed by atoms with Crippen LogP contribution in [-0.4, -0.2) is 12.6 Å². The Morgan fingerprint density at radius 1 is 0.850 bits per heavy atom. The predicted molar refractivity (Wildman–Crippen MR) is 86.8 cm³/mol. The number of rotatable bonds is 13. The summed E-state index contributed by atoms with van der Waals surface area (Å²) in [4.78, 5) is 10.5. The summed E-state index contributed by atoms with van der Waals surface area (Å²) < 4.78 is 4.89. The van der Waals surface area contributed by atoms with Crippen molar-refractivity contribution < 1.29 is 9.53 Å². The van der Waals surface area contributed by atoms with Crippen LogP contribution >= 0.6 is 0 Å². The van der Waals surface area contributed by atoms with E-state index in [2.05, 4.69) is 31.2 Å². The first-order valence-electron chi connectivity index (χ1n) is 8.20. The van der Waals surface area contributed by atoms with Gasteiger partial charge >= 0.3 is 5.97 Å². The van der Waals surface area contributed by atoms with Gasteiger partial charge < -0.3 is 4.74 Å². The number of allylic oxidation sites excluding steroid dienone is 4. The van der Waals surface area contributed by atoms with Crippen molar-refractivity contribution in [2.75, 3.05) is 6.61 Å². The van der Waals surface area contributed by atoms with Crippen LogP contribution in [0, 0.1) is 0 Å². The molecule has 2 heteroatoms. The van der Waals surface area contributed by atoms with Gasteiger partial charge in [0.15, 0.2) is 0 Å². The first kappa shape index (κ1) is 18.9. The quantitative estimate of drug-likeness (QED) is 0.250. The van der Waals surface area contributed by atoms with Crippen LogP contribution in [0.25, 0.3) is 0 Å². The maximum absolute atomic E-state index is 10.5. The number of esters is 1. The molecule has 0 fully saturated rings. The molecule has 0 aromatic rings. The first-order valence-corrected chi connectivity index (χ1v) is 8.20. The van der Waals surface area contributed by atoms with Gasteiger partial charge in [-0.05, 0) is 38.5 Å². The number of carbonyl (C=O) groups is 1. The smallest absolute Gasteiger partial charge is 0.302 e. The van der Waals surface area contributed by atoms with Gasteiger partial charge in [0.1, 0.15) is 0 Å². The van der Waals surface area contributed by atoms with E-state index in [1.165, 1.54) is 45.4 Å². The van der Waals surface area contributed by atoms with Crippen LogP contribution in [0.5, 0.6) is 0 Å². The zero-order valence-corrected chi connectivity index (χ0v) is 13.4. The topological polar surface area (TPSA) is 26.3 Å². The summed E-state index contributed by atoms with van der Waals surface area (Å²) in [5.41, 5.74) is 0. The Morgan fingerprint density at radius 2 is 1.45 bits per heavy atom. The van der Waals surface area contributed by atoms with Crippen molar-refractivity contribution in [3.63, 3.8) is 0 Å². The molecule has 0 aromatic heterocycles. The molecule has 0 radical (unpaired) electrons. The summed E-state index contributed by atoms with van der Waals surface area (Å²) in [6.45, 7) is 4.28. The monoisotopic (exact) mass is 280 g/mol. The summed E-state index contributed by atoms with van der Waals surface area (Å²) in [5, 5.41) is 0. The average Bonchev–Trinajstić information content (AvgIpc) is 2.43. The van der Waals surface area contributed by atoms with Crippen LogP contribution in [-0.2, 0) is 9.53 Å². The van der Waals surface area contributed by atoms with Gasteiger partial charge in [-0.2, -0.15) is 0 Å². The van der Waals surface area contributed by atoms with Crippen LogP contribution < -0.4 is 0 Å². The van der Waals surface area contributed by atoms with E-state index in [1.54, 1.807) is 0 Å². The third-order valence-electron chi connectivity index (χ3n) is 3.15. The highest BCUT2D eigenvalue weighted by Gasteiger charge is 1.92. The maximum atomic E-state index is 10.5. The SMILES string of the molecule is CCCCCC=CCC=CCCCCCCOC(C)=O. The van der Waals surface area contributed by atoms with Crippen molar-refractivity contribution in [3.8, 4) is 0 Å². The van der Waals surface area contributed by atoms with Gasteiger partial charge in [-0.15, -0.1) is 0 Å². The molecule has 0 saturated carbocycles. The molecule has 0 saturated heterocycles. The fraction of sp³-hybridized carbons (Fsp3) is 0.722. The lowest BCUT2D eigenvalue weighted by Gasteiger charge is -2.00. The Morgan fingerprint density at radius 3 is 2.05 bits per heavy atom. The van der Waals surface area contributed by atoms with Crippen molar-refractivity contribution in [1.29, 1.82) is 0 Å². The van der Waals surface area contributed by atoms with E-state index in [0.29, 0.717) is 6.61 Å². The van der Waals surface area contributed by atoms with Gasteiger partial charge in [-0.1, -0.05) is 56.9 Å². The lowest BCUT2D eigenvalue weighted by Crippen LogP contribution is -1.99. The van der Waals surface area contributed by atoms with Gasteiger partial charge in [0, 0.05) is 6.92 Å². The molecule has 20 heavy (non-hydrogen) atoms. The molecule has 0 N–H and O–H groups in total. The molecular weight excluding hydrogens is 248 g/mol. The van der Waals surface area contributed by atoms with Crippen LogP contribution in [0.3, 0.4) is 0 Å². The number of carbonyl (C=O) groups excluding carboxylic acids is 1. The number of ether oxygens (including phenoxy) is 1. The molecule has 0 atom stereocenters. The molecular formula is C18H32O2. The molecule has 0 amide bonds. The van der Waals surface area contributed by atoms with Crippen LogP contribution in [0.15, 0.2) is 24.3 Å². The normalized spacial score (nSPS) is 11.5. The minimum Gasteiger partial charge on any atom is -0.466 e. The number of hydrogen-bond donors (Lipinski definition) is 0. The summed E-state index contributed by atoms with van der Waals surface area (Å²) in [5.74, 6) is -0.171. The average molecular weight is 280 g/mol. The molecule has 0 bridgehead atoms. The van der Waals surface area contributed by atoms with Crippen molar-refractivity contribution in [3.05, 3.63) is 24.3 Å². The van der Waals surface area contributed by atoms with E-state index in [-0.39, 0.29) is 5.97 Å². The zero-order chi connectivity index (χ0) is 14.9. The van der Waals surface area contributed by atoms with Crippen molar-refractivity contribution in [2.24, 2.45) is 0 Å². The van der Waals surface area contributed by atoms with E-state index in [9.17, 15) is 4.79 Å². The number of hydrogen-bond acceptors (Lipinski definition) is 2. The van der Waals surface area contributed by atoms with Gasteiger partial charge in [-0.25, -0.2) is 0 Å². The van der Waals surface area contributed by atoms with Crippen molar-refractivity contribution in [1.82, 2.24) is 0 Å². The van der Waals surface area contributed by atoms with E-state index in [1.807, 2.05) is 0 Å². The third-order valence-corrected chi connectivity index (χ3v) is 3.15. The van der Waals surface area contributed by atoms with E-state index < -0.39 is 0 Å². The summed E-state index contributed by atoms with van der Waals surface area (Å²) in [6, 6.07) is 0. The van der Waals surface area contributed by atoms with E-state index in [4.69, 9.17) is 4.74 Å². The molecule has 0 heterocycles. The molecule has 116 valence electrons. The Hall–Kier alpha value is -1.05. The molecule has 0 aliphatic rings. The van der Waals surface area contributed by atoms with Gasteiger partial charge in [0.2, 0.25) is 0 Å². The highest BCUT2D eigenvalue weighted by molar-refractivity contribution is 5.65. The lowest BCUT2D eigenvalue weighted by molar-refractivity contribution is -0.141. The van der Waals surface area contributed by atoms with Gasteiger partial charge in [0.25, 0.3) is 0 Å².